The van der Waals surface area contributed by atoms with Crippen molar-refractivity contribution in [3.8, 4) is 11.5 Å². The van der Waals surface area contributed by atoms with Crippen LogP contribution in [0.5, 0.6) is 11.5 Å². The lowest BCUT2D eigenvalue weighted by molar-refractivity contribution is -0.0502. The molecule has 0 amide bonds. The molecule has 15 heteroatoms. The van der Waals surface area contributed by atoms with Crippen molar-refractivity contribution in [1.82, 2.24) is 0 Å². The van der Waals surface area contributed by atoms with Crippen molar-refractivity contribution >= 4 is 53.6 Å². The van der Waals surface area contributed by atoms with Gasteiger partial charge in [0.2, 0.25) is 0 Å². The van der Waals surface area contributed by atoms with Gasteiger partial charge >= 0.3 is 31.3 Å². The third-order valence-corrected chi connectivity index (χ3v) is 5.81. The first kappa shape index (κ1) is 21.8. The van der Waals surface area contributed by atoms with E-state index in [4.69, 9.17) is 0 Å². The number of halogens is 7. The van der Waals surface area contributed by atoms with Gasteiger partial charge in [0.1, 0.15) is 3.57 Å². The molecule has 150 valence electrons. The van der Waals surface area contributed by atoms with Crippen LogP contribution in [0.1, 0.15) is 0 Å². The van der Waals surface area contributed by atoms with E-state index in [0.717, 1.165) is 34.7 Å². The van der Waals surface area contributed by atoms with Crippen molar-refractivity contribution in [2.75, 3.05) is 0 Å². The van der Waals surface area contributed by atoms with E-state index >= 15 is 0 Å². The summed E-state index contributed by atoms with van der Waals surface area (Å²) in [6, 6.07) is 5.69. The quantitative estimate of drug-likeness (QED) is 0.249. The van der Waals surface area contributed by atoms with Gasteiger partial charge < -0.3 is 8.37 Å². The Bertz CT molecular complexity index is 1090. The van der Waals surface area contributed by atoms with E-state index in [2.05, 4.69) is 8.37 Å². The zero-order valence-electron chi connectivity index (χ0n) is 12.3. The van der Waals surface area contributed by atoms with Crippen LogP contribution in [0.15, 0.2) is 30.3 Å². The Morgan fingerprint density at radius 3 is 1.81 bits per heavy atom. The lowest BCUT2D eigenvalue weighted by Crippen LogP contribution is -2.29. The fourth-order valence-electron chi connectivity index (χ4n) is 1.73. The van der Waals surface area contributed by atoms with Crippen molar-refractivity contribution in [2.24, 2.45) is 0 Å². The molecule has 0 radical (unpaired) electrons. The number of hydrogen-bond acceptors (Lipinski definition) is 6. The molecule has 0 aliphatic rings. The van der Waals surface area contributed by atoms with Crippen molar-refractivity contribution in [2.45, 2.75) is 11.0 Å². The van der Waals surface area contributed by atoms with Crippen LogP contribution in [0.3, 0.4) is 0 Å². The standard InChI is InChI=1S/C12H5F6IO6S2/c13-11(14,15)26(20,21)24-8-5-6-3-1-2-4-7(6)10(9(8)19)25-27(22,23)12(16,17)18/h1-5H. The zero-order chi connectivity index (χ0) is 20.8. The molecule has 2 aromatic carbocycles. The first-order chi connectivity index (χ1) is 12.1. The predicted molar refractivity (Wildman–Crippen MR) is 87.9 cm³/mol. The molecule has 0 saturated heterocycles. The topological polar surface area (TPSA) is 86.7 Å². The summed E-state index contributed by atoms with van der Waals surface area (Å²) in [5, 5.41) is -0.357. The van der Waals surface area contributed by atoms with Crippen molar-refractivity contribution in [1.29, 1.82) is 0 Å². The lowest BCUT2D eigenvalue weighted by atomic mass is 10.1. The second kappa shape index (κ2) is 6.84. The van der Waals surface area contributed by atoms with E-state index in [9.17, 15) is 43.2 Å². The molecule has 0 aliphatic carbocycles. The maximum absolute atomic E-state index is 12.6. The summed E-state index contributed by atoms with van der Waals surface area (Å²) in [6.45, 7) is 0. The van der Waals surface area contributed by atoms with Crippen LogP contribution >= 0.6 is 22.6 Å². The van der Waals surface area contributed by atoms with Crippen LogP contribution in [0.2, 0.25) is 0 Å². The highest BCUT2D eigenvalue weighted by Gasteiger charge is 2.50. The third-order valence-electron chi connectivity index (χ3n) is 2.87. The minimum Gasteiger partial charge on any atom is -0.375 e. The average Bonchev–Trinajstić information content (AvgIpc) is 2.48. The Labute approximate surface area is 161 Å². The highest BCUT2D eigenvalue weighted by Crippen LogP contribution is 2.42. The van der Waals surface area contributed by atoms with E-state index in [1.54, 1.807) is 0 Å². The molecule has 0 heterocycles. The summed E-state index contributed by atoms with van der Waals surface area (Å²) in [4.78, 5) is 0. The van der Waals surface area contributed by atoms with Crippen molar-refractivity contribution in [3.05, 3.63) is 33.9 Å². The molecule has 0 saturated carbocycles. The minimum absolute atomic E-state index is 0.127. The number of fused-ring (bicyclic) bond motifs is 1. The molecule has 27 heavy (non-hydrogen) atoms. The smallest absolute Gasteiger partial charge is 0.375 e. The Morgan fingerprint density at radius 1 is 0.815 bits per heavy atom. The molecule has 0 fully saturated rings. The van der Waals surface area contributed by atoms with Gasteiger partial charge in [-0.15, -0.1) is 0 Å². The van der Waals surface area contributed by atoms with Gasteiger partial charge in [0.05, 0.1) is 0 Å². The van der Waals surface area contributed by atoms with E-state index < -0.39 is 46.3 Å². The summed E-state index contributed by atoms with van der Waals surface area (Å²) in [5.41, 5.74) is -11.6. The second-order valence-corrected chi connectivity index (χ2v) is 8.86. The Hall–Kier alpha value is -1.49. The molecule has 0 aromatic heterocycles. The highest BCUT2D eigenvalue weighted by atomic mass is 127. The summed E-state index contributed by atoms with van der Waals surface area (Å²) < 4.78 is 127. The molecule has 0 bridgehead atoms. The minimum atomic E-state index is -6.19. The van der Waals surface area contributed by atoms with Gasteiger partial charge in [-0.1, -0.05) is 24.3 Å². The van der Waals surface area contributed by atoms with Gasteiger partial charge in [0.25, 0.3) is 0 Å². The van der Waals surface area contributed by atoms with Gasteiger partial charge in [0, 0.05) is 5.39 Å². The van der Waals surface area contributed by atoms with E-state index in [1.165, 1.54) is 18.2 Å². The molecule has 0 aliphatic heterocycles. The van der Waals surface area contributed by atoms with Crippen LogP contribution in [-0.2, 0) is 20.2 Å². The monoisotopic (exact) mass is 550 g/mol. The van der Waals surface area contributed by atoms with Crippen LogP contribution < -0.4 is 8.37 Å². The number of alkyl halides is 6. The van der Waals surface area contributed by atoms with Gasteiger partial charge in [-0.2, -0.15) is 43.2 Å². The van der Waals surface area contributed by atoms with Gasteiger partial charge in [0.15, 0.2) is 11.5 Å². The van der Waals surface area contributed by atoms with Crippen molar-refractivity contribution < 1.29 is 51.5 Å². The Morgan fingerprint density at radius 2 is 1.30 bits per heavy atom. The molecule has 2 rings (SSSR count). The number of rotatable bonds is 4. The molecule has 2 aromatic rings. The lowest BCUT2D eigenvalue weighted by Gasteiger charge is -2.16. The average molecular weight is 550 g/mol. The predicted octanol–water partition coefficient (Wildman–Crippen LogP) is 3.90. The highest BCUT2D eigenvalue weighted by molar-refractivity contribution is 14.1. The van der Waals surface area contributed by atoms with Crippen LogP contribution in [0.4, 0.5) is 26.3 Å². The zero-order valence-corrected chi connectivity index (χ0v) is 16.1. The maximum atomic E-state index is 12.6. The molecule has 6 nitrogen and oxygen atoms in total. The number of benzene rings is 2. The summed E-state index contributed by atoms with van der Waals surface area (Å²) >= 11 is 1.11. The fraction of sp³-hybridized carbons (Fsp3) is 0.167. The largest absolute Gasteiger partial charge is 0.534 e. The molecule has 0 spiro atoms. The molecule has 0 unspecified atom stereocenters. The van der Waals surface area contributed by atoms with E-state index in [-0.39, 0.29) is 10.8 Å². The first-order valence-electron chi connectivity index (χ1n) is 6.29. The molecule has 0 atom stereocenters. The Kier molecular flexibility index (Phi) is 5.52. The summed E-state index contributed by atoms with van der Waals surface area (Å²) in [7, 11) is -12.3. The third kappa shape index (κ3) is 4.34. The number of hydrogen-bond donors (Lipinski definition) is 0. The van der Waals surface area contributed by atoms with Crippen LogP contribution in [0.25, 0.3) is 10.8 Å². The Balaban J connectivity index is 2.72. The van der Waals surface area contributed by atoms with Gasteiger partial charge in [-0.3, -0.25) is 0 Å². The summed E-state index contributed by atoms with van der Waals surface area (Å²) in [6.07, 6.45) is 0. The van der Waals surface area contributed by atoms with Crippen molar-refractivity contribution in [3.63, 3.8) is 0 Å². The molecule has 0 N–H and O–H groups in total. The normalized spacial score (nSPS) is 13.6. The SMILES string of the molecule is O=S(=O)(Oc1cc2ccccc2c(OS(=O)(=O)C(F)(F)F)c1I)C(F)(F)F. The van der Waals surface area contributed by atoms with E-state index in [0.29, 0.717) is 0 Å². The molecular weight excluding hydrogens is 545 g/mol. The summed E-state index contributed by atoms with van der Waals surface area (Å²) in [5.74, 6) is -2.09. The second-order valence-electron chi connectivity index (χ2n) is 4.71. The van der Waals surface area contributed by atoms with Gasteiger partial charge in [-0.25, -0.2) is 0 Å². The van der Waals surface area contributed by atoms with Gasteiger partial charge in [-0.05, 0) is 34.0 Å². The first-order valence-corrected chi connectivity index (χ1v) is 10.2. The fourth-order valence-corrected chi connectivity index (χ4v) is 3.64. The van der Waals surface area contributed by atoms with Crippen LogP contribution in [-0.4, -0.2) is 27.9 Å². The molecular formula is C12H5F6IO6S2. The van der Waals surface area contributed by atoms with E-state index in [1.807, 2.05) is 0 Å². The van der Waals surface area contributed by atoms with Crippen LogP contribution in [0, 0.1) is 3.57 Å². The maximum Gasteiger partial charge on any atom is 0.534 e.